The molecule has 0 aliphatic heterocycles. The van der Waals surface area contributed by atoms with Crippen molar-refractivity contribution in [3.8, 4) is 11.4 Å². The van der Waals surface area contributed by atoms with E-state index in [1.165, 1.54) is 0 Å². The Kier molecular flexibility index (Phi) is 4.44. The Morgan fingerprint density at radius 2 is 1.90 bits per heavy atom. The fourth-order valence-electron chi connectivity index (χ4n) is 2.00. The van der Waals surface area contributed by atoms with Crippen LogP contribution in [0, 0.1) is 13.8 Å². The molecule has 0 atom stereocenters. The summed E-state index contributed by atoms with van der Waals surface area (Å²) in [4.78, 5) is 23.7. The van der Waals surface area contributed by atoms with Crippen molar-refractivity contribution in [3.05, 3.63) is 39.9 Å². The zero-order valence-corrected chi connectivity index (χ0v) is 12.8. The molecular formula is C14H14BrN3O2. The number of halogens is 1. The summed E-state index contributed by atoms with van der Waals surface area (Å²) in [6.45, 7) is 3.75. The second-order valence-electron chi connectivity index (χ2n) is 4.48. The number of aliphatic carboxylic acids is 1. The largest absolute Gasteiger partial charge is 0.481 e. The maximum Gasteiger partial charge on any atom is 0.303 e. The Hall–Kier alpha value is -1.82. The Labute approximate surface area is 125 Å². The van der Waals surface area contributed by atoms with Crippen LogP contribution in [0.2, 0.25) is 0 Å². The molecule has 0 unspecified atom stereocenters. The van der Waals surface area contributed by atoms with Crippen LogP contribution in [0.25, 0.3) is 11.4 Å². The van der Waals surface area contributed by atoms with Gasteiger partial charge in [-0.15, -0.1) is 0 Å². The van der Waals surface area contributed by atoms with Crippen molar-refractivity contribution in [3.63, 3.8) is 0 Å². The van der Waals surface area contributed by atoms with Crippen LogP contribution in [0.5, 0.6) is 0 Å². The second-order valence-corrected chi connectivity index (χ2v) is 5.40. The van der Waals surface area contributed by atoms with Crippen molar-refractivity contribution in [2.45, 2.75) is 26.7 Å². The third-order valence-corrected chi connectivity index (χ3v) is 3.41. The second kappa shape index (κ2) is 6.09. The third kappa shape index (κ3) is 3.39. The van der Waals surface area contributed by atoms with E-state index in [1.54, 1.807) is 12.4 Å². The Morgan fingerprint density at radius 1 is 1.25 bits per heavy atom. The number of rotatable bonds is 4. The number of nitrogens with zero attached hydrogens (tertiary/aromatic N) is 3. The van der Waals surface area contributed by atoms with Crippen molar-refractivity contribution >= 4 is 21.9 Å². The van der Waals surface area contributed by atoms with Gasteiger partial charge in [-0.3, -0.25) is 9.78 Å². The molecule has 1 N–H and O–H groups in total. The Balaban J connectivity index is 2.37. The van der Waals surface area contributed by atoms with Crippen molar-refractivity contribution in [2.75, 3.05) is 0 Å². The molecule has 0 aliphatic rings. The van der Waals surface area contributed by atoms with Crippen LogP contribution in [0.3, 0.4) is 0 Å². The first kappa shape index (κ1) is 14.6. The van der Waals surface area contributed by atoms with Gasteiger partial charge in [-0.1, -0.05) is 0 Å². The lowest BCUT2D eigenvalue weighted by Gasteiger charge is -2.10. The van der Waals surface area contributed by atoms with Gasteiger partial charge in [-0.05, 0) is 47.8 Å². The molecule has 104 valence electrons. The summed E-state index contributed by atoms with van der Waals surface area (Å²) in [5.41, 5.74) is 3.36. The average Bonchev–Trinajstić information content (AvgIpc) is 2.37. The molecule has 0 fully saturated rings. The predicted molar refractivity (Wildman–Crippen MR) is 78.4 cm³/mol. The van der Waals surface area contributed by atoms with E-state index in [0.29, 0.717) is 12.2 Å². The molecule has 0 spiro atoms. The van der Waals surface area contributed by atoms with Gasteiger partial charge >= 0.3 is 5.97 Å². The van der Waals surface area contributed by atoms with Gasteiger partial charge in [0.1, 0.15) is 0 Å². The van der Waals surface area contributed by atoms with E-state index in [4.69, 9.17) is 5.11 Å². The van der Waals surface area contributed by atoms with E-state index < -0.39 is 5.97 Å². The highest BCUT2D eigenvalue weighted by atomic mass is 79.9. The lowest BCUT2D eigenvalue weighted by molar-refractivity contribution is -0.136. The smallest absolute Gasteiger partial charge is 0.303 e. The minimum atomic E-state index is -0.816. The lowest BCUT2D eigenvalue weighted by atomic mass is 10.1. The van der Waals surface area contributed by atoms with Crippen LogP contribution in [0.1, 0.15) is 23.4 Å². The summed E-state index contributed by atoms with van der Waals surface area (Å²) in [6.07, 6.45) is 3.94. The van der Waals surface area contributed by atoms with Crippen molar-refractivity contribution < 1.29 is 9.90 Å². The highest BCUT2D eigenvalue weighted by Crippen LogP contribution is 2.21. The minimum absolute atomic E-state index is 0.0861. The molecule has 0 amide bonds. The number of carbonyl (C=O) groups is 1. The van der Waals surface area contributed by atoms with E-state index in [1.807, 2.05) is 19.9 Å². The fraction of sp³-hybridized carbons (Fsp3) is 0.286. The van der Waals surface area contributed by atoms with Gasteiger partial charge in [0.15, 0.2) is 5.82 Å². The minimum Gasteiger partial charge on any atom is -0.481 e. The van der Waals surface area contributed by atoms with Crippen LogP contribution >= 0.6 is 15.9 Å². The third-order valence-electron chi connectivity index (χ3n) is 2.97. The maximum absolute atomic E-state index is 10.7. The number of carboxylic acids is 1. The monoisotopic (exact) mass is 335 g/mol. The molecule has 2 heterocycles. The number of pyridine rings is 1. The molecular weight excluding hydrogens is 322 g/mol. The molecule has 20 heavy (non-hydrogen) atoms. The van der Waals surface area contributed by atoms with E-state index in [-0.39, 0.29) is 6.42 Å². The summed E-state index contributed by atoms with van der Waals surface area (Å²) in [5, 5.41) is 8.77. The molecule has 0 saturated carbocycles. The predicted octanol–water partition coefficient (Wildman–Crippen LogP) is 2.94. The van der Waals surface area contributed by atoms with E-state index in [9.17, 15) is 4.79 Å². The summed E-state index contributed by atoms with van der Waals surface area (Å²) < 4.78 is 0.865. The van der Waals surface area contributed by atoms with Gasteiger partial charge in [0.05, 0.1) is 0 Å². The molecule has 0 aliphatic carbocycles. The zero-order valence-electron chi connectivity index (χ0n) is 11.2. The Morgan fingerprint density at radius 3 is 2.45 bits per heavy atom. The van der Waals surface area contributed by atoms with Gasteiger partial charge in [0.2, 0.25) is 0 Å². The maximum atomic E-state index is 10.7. The first-order valence-corrected chi connectivity index (χ1v) is 6.93. The van der Waals surface area contributed by atoms with E-state index in [2.05, 4.69) is 30.9 Å². The highest BCUT2D eigenvalue weighted by Gasteiger charge is 2.11. The summed E-state index contributed by atoms with van der Waals surface area (Å²) in [6, 6.07) is 1.90. The zero-order chi connectivity index (χ0) is 14.7. The highest BCUT2D eigenvalue weighted by molar-refractivity contribution is 9.10. The first-order valence-electron chi connectivity index (χ1n) is 6.14. The van der Waals surface area contributed by atoms with Crippen LogP contribution in [0.15, 0.2) is 22.9 Å². The standard InChI is InChI=1S/C14H14BrN3O2/c1-8-12(3-4-13(19)20)9(2)18-14(17-8)10-5-11(15)7-16-6-10/h5-7H,3-4H2,1-2H3,(H,19,20). The quantitative estimate of drug-likeness (QED) is 0.929. The molecule has 6 heteroatoms. The molecule has 2 aromatic heterocycles. The van der Waals surface area contributed by atoms with Crippen LogP contribution in [0.4, 0.5) is 0 Å². The van der Waals surface area contributed by atoms with E-state index in [0.717, 1.165) is 27.0 Å². The van der Waals surface area contributed by atoms with Crippen LogP contribution in [-0.2, 0) is 11.2 Å². The lowest BCUT2D eigenvalue weighted by Crippen LogP contribution is -2.06. The van der Waals surface area contributed by atoms with Gasteiger partial charge < -0.3 is 5.11 Å². The fourth-order valence-corrected chi connectivity index (χ4v) is 2.36. The molecule has 5 nitrogen and oxygen atoms in total. The number of carboxylic acid groups (broad SMARTS) is 1. The molecule has 0 saturated heterocycles. The Bertz CT molecular complexity index is 636. The number of aryl methyl sites for hydroxylation is 2. The number of hydrogen-bond donors (Lipinski definition) is 1. The van der Waals surface area contributed by atoms with Gasteiger partial charge in [0.25, 0.3) is 0 Å². The number of hydrogen-bond acceptors (Lipinski definition) is 4. The average molecular weight is 336 g/mol. The molecule has 2 aromatic rings. The SMILES string of the molecule is Cc1nc(-c2cncc(Br)c2)nc(C)c1CCC(=O)O. The van der Waals surface area contributed by atoms with Crippen molar-refractivity contribution in [1.82, 2.24) is 15.0 Å². The summed E-state index contributed by atoms with van der Waals surface area (Å²) in [7, 11) is 0. The molecule has 0 radical (unpaired) electrons. The summed E-state index contributed by atoms with van der Waals surface area (Å²) in [5.74, 6) is -0.211. The topological polar surface area (TPSA) is 76.0 Å². The molecule has 0 aromatic carbocycles. The van der Waals surface area contributed by atoms with Crippen LogP contribution in [-0.4, -0.2) is 26.0 Å². The molecule has 2 rings (SSSR count). The van der Waals surface area contributed by atoms with Crippen molar-refractivity contribution in [2.24, 2.45) is 0 Å². The van der Waals surface area contributed by atoms with Crippen LogP contribution < -0.4 is 0 Å². The van der Waals surface area contributed by atoms with Crippen molar-refractivity contribution in [1.29, 1.82) is 0 Å². The molecule has 0 bridgehead atoms. The number of aromatic nitrogens is 3. The van der Waals surface area contributed by atoms with Gasteiger partial charge in [-0.2, -0.15) is 0 Å². The normalized spacial score (nSPS) is 10.6. The van der Waals surface area contributed by atoms with Gasteiger partial charge in [-0.25, -0.2) is 9.97 Å². The summed E-state index contributed by atoms with van der Waals surface area (Å²) >= 11 is 3.37. The first-order chi connectivity index (χ1) is 9.47. The van der Waals surface area contributed by atoms with Gasteiger partial charge in [0, 0.05) is 40.2 Å². The van der Waals surface area contributed by atoms with E-state index >= 15 is 0 Å².